The van der Waals surface area contributed by atoms with Crippen molar-refractivity contribution >= 4 is 17.3 Å². The molecule has 0 unspecified atom stereocenters. The smallest absolute Gasteiger partial charge is 0.256 e. The van der Waals surface area contributed by atoms with E-state index in [2.05, 4.69) is 16.3 Å². The number of benzene rings is 2. The van der Waals surface area contributed by atoms with Gasteiger partial charge >= 0.3 is 0 Å². The number of nitrogens with zero attached hydrogens (tertiary/aromatic N) is 1. The van der Waals surface area contributed by atoms with Crippen LogP contribution in [0.15, 0.2) is 36.4 Å². The molecule has 1 saturated heterocycles. The number of carbonyl (C=O) groups excluding carboxylic acids is 1. The van der Waals surface area contributed by atoms with Crippen molar-refractivity contribution in [3.8, 4) is 0 Å². The van der Waals surface area contributed by atoms with Gasteiger partial charge < -0.3 is 10.2 Å². The van der Waals surface area contributed by atoms with E-state index in [1.54, 1.807) is 13.0 Å². The standard InChI is InChI=1S/C19H21FN2O/c1-13-5-6-15(20)12-17(13)19(23)21-18-8-7-16(11-14(18)2)22-9-3-4-10-22/h5-8,11-12H,3-4,9-10H2,1-2H3,(H,21,23). The summed E-state index contributed by atoms with van der Waals surface area (Å²) in [7, 11) is 0. The van der Waals surface area contributed by atoms with E-state index in [9.17, 15) is 9.18 Å². The second-order valence-corrected chi connectivity index (χ2v) is 6.11. The first-order chi connectivity index (χ1) is 11.0. The van der Waals surface area contributed by atoms with Crippen molar-refractivity contribution in [2.24, 2.45) is 0 Å². The van der Waals surface area contributed by atoms with Gasteiger partial charge in [0.1, 0.15) is 5.82 Å². The molecule has 0 bridgehead atoms. The third-order valence-corrected chi connectivity index (χ3v) is 4.37. The van der Waals surface area contributed by atoms with Gasteiger partial charge in [-0.1, -0.05) is 6.07 Å². The molecule has 1 amide bonds. The van der Waals surface area contributed by atoms with Crippen molar-refractivity contribution < 1.29 is 9.18 Å². The van der Waals surface area contributed by atoms with E-state index >= 15 is 0 Å². The predicted octanol–water partition coefficient (Wildman–Crippen LogP) is 4.30. The fourth-order valence-corrected chi connectivity index (χ4v) is 2.99. The molecule has 0 saturated carbocycles. The first-order valence-corrected chi connectivity index (χ1v) is 7.98. The van der Waals surface area contributed by atoms with Crippen LogP contribution in [0.1, 0.15) is 34.3 Å². The lowest BCUT2D eigenvalue weighted by molar-refractivity contribution is 0.102. The molecule has 0 aromatic heterocycles. The van der Waals surface area contributed by atoms with Crippen molar-refractivity contribution in [1.29, 1.82) is 0 Å². The molecular weight excluding hydrogens is 291 g/mol. The van der Waals surface area contributed by atoms with Crippen molar-refractivity contribution in [3.05, 3.63) is 58.9 Å². The molecule has 3 rings (SSSR count). The molecule has 23 heavy (non-hydrogen) atoms. The number of anilines is 2. The third-order valence-electron chi connectivity index (χ3n) is 4.37. The predicted molar refractivity (Wildman–Crippen MR) is 91.7 cm³/mol. The average Bonchev–Trinajstić information content (AvgIpc) is 3.06. The molecule has 1 N–H and O–H groups in total. The maximum Gasteiger partial charge on any atom is 0.256 e. The lowest BCUT2D eigenvalue weighted by Crippen LogP contribution is -2.18. The van der Waals surface area contributed by atoms with E-state index in [-0.39, 0.29) is 5.91 Å². The van der Waals surface area contributed by atoms with Gasteiger partial charge in [-0.15, -0.1) is 0 Å². The summed E-state index contributed by atoms with van der Waals surface area (Å²) in [5.74, 6) is -0.680. The van der Waals surface area contributed by atoms with Crippen LogP contribution in [0, 0.1) is 19.7 Å². The van der Waals surface area contributed by atoms with Gasteiger partial charge in [0.25, 0.3) is 5.91 Å². The molecule has 0 aliphatic carbocycles. The van der Waals surface area contributed by atoms with Crippen molar-refractivity contribution in [2.75, 3.05) is 23.3 Å². The number of hydrogen-bond donors (Lipinski definition) is 1. The van der Waals surface area contributed by atoms with Crippen molar-refractivity contribution in [2.45, 2.75) is 26.7 Å². The Bertz CT molecular complexity index is 736. The maximum atomic E-state index is 13.4. The van der Waals surface area contributed by atoms with Gasteiger partial charge in [0.05, 0.1) is 0 Å². The number of aryl methyl sites for hydroxylation is 2. The summed E-state index contributed by atoms with van der Waals surface area (Å²) >= 11 is 0. The van der Waals surface area contributed by atoms with E-state index in [1.165, 1.54) is 30.7 Å². The van der Waals surface area contributed by atoms with E-state index in [1.807, 2.05) is 19.1 Å². The van der Waals surface area contributed by atoms with Crippen LogP contribution in [-0.4, -0.2) is 19.0 Å². The molecule has 0 spiro atoms. The first kappa shape index (κ1) is 15.5. The number of nitrogens with one attached hydrogen (secondary N) is 1. The summed E-state index contributed by atoms with van der Waals surface area (Å²) in [6.07, 6.45) is 2.47. The fraction of sp³-hybridized carbons (Fsp3) is 0.316. The van der Waals surface area contributed by atoms with Gasteiger partial charge in [0, 0.05) is 30.0 Å². The Morgan fingerprint density at radius 3 is 2.48 bits per heavy atom. The summed E-state index contributed by atoms with van der Waals surface area (Å²) in [5, 5.41) is 2.89. The minimum Gasteiger partial charge on any atom is -0.372 e. The van der Waals surface area contributed by atoms with Crippen LogP contribution in [0.25, 0.3) is 0 Å². The lowest BCUT2D eigenvalue weighted by Gasteiger charge is -2.19. The minimum absolute atomic E-state index is 0.279. The van der Waals surface area contributed by atoms with Crippen molar-refractivity contribution in [1.82, 2.24) is 0 Å². The molecule has 1 aliphatic heterocycles. The van der Waals surface area contributed by atoms with Crippen LogP contribution in [0.2, 0.25) is 0 Å². The lowest BCUT2D eigenvalue weighted by atomic mass is 10.1. The zero-order valence-electron chi connectivity index (χ0n) is 13.5. The molecule has 1 heterocycles. The second kappa shape index (κ2) is 6.41. The van der Waals surface area contributed by atoms with E-state index in [4.69, 9.17) is 0 Å². The highest BCUT2D eigenvalue weighted by Gasteiger charge is 2.15. The quantitative estimate of drug-likeness (QED) is 0.916. The number of carbonyl (C=O) groups is 1. The van der Waals surface area contributed by atoms with Crippen LogP contribution in [-0.2, 0) is 0 Å². The number of rotatable bonds is 3. The van der Waals surface area contributed by atoms with E-state index in [0.29, 0.717) is 5.56 Å². The molecule has 2 aromatic rings. The van der Waals surface area contributed by atoms with Crippen LogP contribution in [0.3, 0.4) is 0 Å². The Balaban J connectivity index is 1.79. The van der Waals surface area contributed by atoms with Crippen LogP contribution < -0.4 is 10.2 Å². The van der Waals surface area contributed by atoms with Gasteiger partial charge in [-0.2, -0.15) is 0 Å². The Morgan fingerprint density at radius 2 is 1.78 bits per heavy atom. The Morgan fingerprint density at radius 1 is 1.04 bits per heavy atom. The summed E-state index contributed by atoms with van der Waals surface area (Å²) in [5.41, 5.74) is 4.10. The second-order valence-electron chi connectivity index (χ2n) is 6.11. The van der Waals surface area contributed by atoms with Gasteiger partial charge in [-0.05, 0) is 68.1 Å². The van der Waals surface area contributed by atoms with Gasteiger partial charge in [-0.25, -0.2) is 4.39 Å². The average molecular weight is 312 g/mol. The SMILES string of the molecule is Cc1cc(N2CCCC2)ccc1NC(=O)c1cc(F)ccc1C. The summed E-state index contributed by atoms with van der Waals surface area (Å²) in [6.45, 7) is 5.96. The maximum absolute atomic E-state index is 13.4. The summed E-state index contributed by atoms with van der Waals surface area (Å²) < 4.78 is 13.4. The van der Waals surface area contributed by atoms with E-state index in [0.717, 1.165) is 29.9 Å². The molecule has 120 valence electrons. The minimum atomic E-state index is -0.401. The van der Waals surface area contributed by atoms with Crippen LogP contribution in [0.4, 0.5) is 15.8 Å². The largest absolute Gasteiger partial charge is 0.372 e. The molecule has 1 fully saturated rings. The molecule has 2 aromatic carbocycles. The summed E-state index contributed by atoms with van der Waals surface area (Å²) in [6, 6.07) is 10.3. The molecular formula is C19H21FN2O. The molecule has 4 heteroatoms. The highest BCUT2D eigenvalue weighted by Crippen LogP contribution is 2.26. The van der Waals surface area contributed by atoms with Crippen LogP contribution >= 0.6 is 0 Å². The highest BCUT2D eigenvalue weighted by atomic mass is 19.1. The monoisotopic (exact) mass is 312 g/mol. The first-order valence-electron chi connectivity index (χ1n) is 7.98. The van der Waals surface area contributed by atoms with Gasteiger partial charge in [0.15, 0.2) is 0 Å². The van der Waals surface area contributed by atoms with Gasteiger partial charge in [-0.3, -0.25) is 4.79 Å². The zero-order valence-corrected chi connectivity index (χ0v) is 13.5. The van der Waals surface area contributed by atoms with Crippen LogP contribution in [0.5, 0.6) is 0 Å². The Labute approximate surface area is 136 Å². The van der Waals surface area contributed by atoms with E-state index < -0.39 is 5.82 Å². The fourth-order valence-electron chi connectivity index (χ4n) is 2.99. The zero-order chi connectivity index (χ0) is 16.4. The molecule has 0 atom stereocenters. The third kappa shape index (κ3) is 3.36. The Kier molecular flexibility index (Phi) is 4.33. The number of amides is 1. The number of hydrogen-bond acceptors (Lipinski definition) is 2. The Hall–Kier alpha value is -2.36. The molecule has 1 aliphatic rings. The highest BCUT2D eigenvalue weighted by molar-refractivity contribution is 6.05. The number of halogens is 1. The molecule has 0 radical (unpaired) electrons. The summed E-state index contributed by atoms with van der Waals surface area (Å²) in [4.78, 5) is 14.7. The van der Waals surface area contributed by atoms with Gasteiger partial charge in [0.2, 0.25) is 0 Å². The molecule has 3 nitrogen and oxygen atoms in total. The topological polar surface area (TPSA) is 32.3 Å². The van der Waals surface area contributed by atoms with Crippen molar-refractivity contribution in [3.63, 3.8) is 0 Å². The normalized spacial score (nSPS) is 14.1.